The molecule has 0 atom stereocenters. The topological polar surface area (TPSA) is 84.7 Å². The number of rotatable bonds is 7. The van der Waals surface area contributed by atoms with E-state index < -0.39 is 5.97 Å². The van der Waals surface area contributed by atoms with Crippen molar-refractivity contribution in [3.63, 3.8) is 0 Å². The van der Waals surface area contributed by atoms with Gasteiger partial charge in [-0.05, 0) is 82.0 Å². The van der Waals surface area contributed by atoms with Crippen molar-refractivity contribution in [1.82, 2.24) is 9.88 Å². The zero-order chi connectivity index (χ0) is 22.0. The van der Waals surface area contributed by atoms with E-state index in [9.17, 15) is 9.59 Å². The fourth-order valence-corrected chi connectivity index (χ4v) is 4.81. The maximum absolute atomic E-state index is 12.9. The molecule has 0 bridgehead atoms. The monoisotopic (exact) mass is 427 g/mol. The summed E-state index contributed by atoms with van der Waals surface area (Å²) in [7, 11) is 0. The molecule has 0 radical (unpaired) electrons. The van der Waals surface area contributed by atoms with Crippen LogP contribution in [0.15, 0.2) is 4.42 Å². The molecule has 1 aliphatic heterocycles. The van der Waals surface area contributed by atoms with Crippen LogP contribution in [0.5, 0.6) is 0 Å². The molecule has 0 spiro atoms. The number of nitrogens with one attached hydrogen (secondary N) is 1. The maximum atomic E-state index is 12.9. The predicted octanol–water partition coefficient (Wildman–Crippen LogP) is 4.12. The van der Waals surface area contributed by atoms with Crippen LogP contribution in [0.4, 0.5) is 5.69 Å². The van der Waals surface area contributed by atoms with Crippen molar-refractivity contribution >= 4 is 28.7 Å². The molecule has 31 heavy (non-hydrogen) atoms. The van der Waals surface area contributed by atoms with Crippen LogP contribution in [-0.4, -0.2) is 48.0 Å². The first-order valence-electron chi connectivity index (χ1n) is 11.6. The number of anilines is 1. The minimum absolute atomic E-state index is 0.0496. The Morgan fingerprint density at radius 3 is 2.52 bits per heavy atom. The van der Waals surface area contributed by atoms with E-state index in [1.165, 1.54) is 11.1 Å². The number of esters is 1. The largest absolute Gasteiger partial charge is 0.460 e. The third-order valence-electron chi connectivity index (χ3n) is 6.14. The number of likely N-dealkylation sites (tertiary alicyclic amines) is 1. The van der Waals surface area contributed by atoms with Gasteiger partial charge in [-0.15, -0.1) is 0 Å². The quantitative estimate of drug-likeness (QED) is 0.669. The Morgan fingerprint density at radius 2 is 1.84 bits per heavy atom. The fourth-order valence-electron chi connectivity index (χ4n) is 4.81. The second-order valence-corrected chi connectivity index (χ2v) is 9.06. The molecule has 2 aromatic rings. The molecule has 0 aromatic carbocycles. The van der Waals surface area contributed by atoms with E-state index in [-0.39, 0.29) is 18.3 Å². The molecule has 4 rings (SSSR count). The smallest absolute Gasteiger partial charge is 0.376 e. The van der Waals surface area contributed by atoms with Gasteiger partial charge in [-0.25, -0.2) is 9.78 Å². The second-order valence-electron chi connectivity index (χ2n) is 9.06. The molecule has 168 valence electrons. The molecule has 1 N–H and O–H groups in total. The number of furan rings is 1. The number of fused-ring (bicyclic) bond motifs is 3. The Morgan fingerprint density at radius 1 is 1.13 bits per heavy atom. The number of aryl methyl sites for hydroxylation is 1. The number of carbonyl (C=O) groups is 2. The van der Waals surface area contributed by atoms with Crippen LogP contribution in [0.1, 0.15) is 73.8 Å². The van der Waals surface area contributed by atoms with Crippen LogP contribution in [0.25, 0.3) is 11.1 Å². The van der Waals surface area contributed by atoms with Crippen molar-refractivity contribution in [1.29, 1.82) is 0 Å². The number of nitrogens with zero attached hydrogens (tertiary/aromatic N) is 2. The first-order valence-corrected chi connectivity index (χ1v) is 11.6. The molecule has 2 aliphatic rings. The van der Waals surface area contributed by atoms with E-state index in [1.54, 1.807) is 6.92 Å². The summed E-state index contributed by atoms with van der Waals surface area (Å²) in [4.78, 5) is 32.5. The molecular formula is C24H33N3O4. The van der Waals surface area contributed by atoms with Gasteiger partial charge in [0, 0.05) is 5.69 Å². The van der Waals surface area contributed by atoms with E-state index in [0.717, 1.165) is 69.1 Å². The van der Waals surface area contributed by atoms with E-state index in [0.29, 0.717) is 23.9 Å². The van der Waals surface area contributed by atoms with Crippen LogP contribution in [0.3, 0.4) is 0 Å². The molecule has 1 fully saturated rings. The van der Waals surface area contributed by atoms with Crippen molar-refractivity contribution in [2.24, 2.45) is 5.92 Å². The van der Waals surface area contributed by atoms with Gasteiger partial charge in [0.15, 0.2) is 0 Å². The van der Waals surface area contributed by atoms with Crippen LogP contribution in [0.2, 0.25) is 0 Å². The number of hydrogen-bond donors (Lipinski definition) is 1. The van der Waals surface area contributed by atoms with Crippen molar-refractivity contribution in [3.8, 4) is 0 Å². The highest BCUT2D eigenvalue weighted by Crippen LogP contribution is 2.39. The summed E-state index contributed by atoms with van der Waals surface area (Å²) < 4.78 is 11.2. The van der Waals surface area contributed by atoms with Crippen LogP contribution >= 0.6 is 0 Å². The normalized spacial score (nSPS) is 16.6. The summed E-state index contributed by atoms with van der Waals surface area (Å²) >= 11 is 0. The van der Waals surface area contributed by atoms with E-state index >= 15 is 0 Å². The molecule has 1 amide bonds. The summed E-state index contributed by atoms with van der Waals surface area (Å²) in [6.07, 6.45) is 7.18. The molecule has 1 saturated heterocycles. The second kappa shape index (κ2) is 9.39. The van der Waals surface area contributed by atoms with E-state index in [1.807, 2.05) is 0 Å². The van der Waals surface area contributed by atoms with Gasteiger partial charge >= 0.3 is 5.97 Å². The minimum atomic E-state index is -0.563. The van der Waals surface area contributed by atoms with Gasteiger partial charge in [0.25, 0.3) is 0 Å². The Balaban J connectivity index is 1.79. The van der Waals surface area contributed by atoms with Gasteiger partial charge in [0.1, 0.15) is 5.69 Å². The van der Waals surface area contributed by atoms with Gasteiger partial charge in [-0.1, -0.05) is 13.8 Å². The average molecular weight is 428 g/mol. The fraction of sp³-hybridized carbons (Fsp3) is 0.625. The highest BCUT2D eigenvalue weighted by Gasteiger charge is 2.30. The summed E-state index contributed by atoms with van der Waals surface area (Å²) in [5, 5.41) is 3.77. The average Bonchev–Trinajstić information content (AvgIpc) is 3.36. The van der Waals surface area contributed by atoms with Crippen LogP contribution in [0, 0.1) is 5.92 Å². The Kier molecular flexibility index (Phi) is 6.60. The summed E-state index contributed by atoms with van der Waals surface area (Å²) in [5.41, 5.74) is 4.34. The first kappa shape index (κ1) is 21.8. The summed E-state index contributed by atoms with van der Waals surface area (Å²) in [6.45, 7) is 8.53. The lowest BCUT2D eigenvalue weighted by atomic mass is 9.86. The van der Waals surface area contributed by atoms with Gasteiger partial charge < -0.3 is 14.5 Å². The molecule has 7 heteroatoms. The highest BCUT2D eigenvalue weighted by atomic mass is 16.5. The van der Waals surface area contributed by atoms with E-state index in [2.05, 4.69) is 24.1 Å². The Hall–Kier alpha value is -2.41. The van der Waals surface area contributed by atoms with Crippen molar-refractivity contribution in [2.45, 2.75) is 65.7 Å². The Labute approximate surface area is 183 Å². The van der Waals surface area contributed by atoms with Crippen LogP contribution < -0.4 is 5.32 Å². The zero-order valence-corrected chi connectivity index (χ0v) is 18.9. The molecule has 0 unspecified atom stereocenters. The lowest BCUT2D eigenvalue weighted by Crippen LogP contribution is -2.31. The number of ether oxygens (including phenoxy) is 1. The van der Waals surface area contributed by atoms with Gasteiger partial charge in [0.2, 0.25) is 17.4 Å². The number of amides is 1. The summed E-state index contributed by atoms with van der Waals surface area (Å²) in [5.74, 6) is -0.179. The SMILES string of the molecule is CCOC(=O)c1oc2nc(CC(C)C)c3c(c2c1NC(=O)CN1CCCC1)CCCC3. The third-order valence-corrected chi connectivity index (χ3v) is 6.14. The number of carbonyl (C=O) groups excluding carboxylic acids is 2. The molecule has 3 heterocycles. The molecule has 7 nitrogen and oxygen atoms in total. The molecule has 0 saturated carbocycles. The van der Waals surface area contributed by atoms with Gasteiger partial charge in [-0.2, -0.15) is 0 Å². The van der Waals surface area contributed by atoms with Crippen molar-refractivity contribution in [2.75, 3.05) is 31.6 Å². The number of aromatic nitrogens is 1. The zero-order valence-electron chi connectivity index (χ0n) is 18.9. The first-order chi connectivity index (χ1) is 15.0. The van der Waals surface area contributed by atoms with Gasteiger partial charge in [-0.3, -0.25) is 9.69 Å². The van der Waals surface area contributed by atoms with Gasteiger partial charge in [0.05, 0.1) is 18.5 Å². The minimum Gasteiger partial charge on any atom is -0.460 e. The van der Waals surface area contributed by atoms with E-state index in [4.69, 9.17) is 14.1 Å². The summed E-state index contributed by atoms with van der Waals surface area (Å²) in [6, 6.07) is 0. The predicted molar refractivity (Wildman–Crippen MR) is 119 cm³/mol. The molecule has 1 aliphatic carbocycles. The van der Waals surface area contributed by atoms with Crippen LogP contribution in [-0.2, 0) is 28.8 Å². The molecular weight excluding hydrogens is 394 g/mol. The highest BCUT2D eigenvalue weighted by molar-refractivity contribution is 6.10. The lowest BCUT2D eigenvalue weighted by molar-refractivity contribution is -0.117. The number of hydrogen-bond acceptors (Lipinski definition) is 6. The van der Waals surface area contributed by atoms with Crippen molar-refractivity contribution < 1.29 is 18.7 Å². The lowest BCUT2D eigenvalue weighted by Gasteiger charge is -2.21. The Bertz CT molecular complexity index is 973. The number of pyridine rings is 1. The molecule has 2 aromatic heterocycles. The standard InChI is InChI=1S/C24H33N3O4/c1-4-30-24(29)22-21(26-19(28)14-27-11-7-8-12-27)20-17-10-6-5-9-16(17)18(13-15(2)3)25-23(20)31-22/h15H,4-14H2,1-3H3,(H,26,28). The third kappa shape index (κ3) is 4.61. The maximum Gasteiger partial charge on any atom is 0.376 e. The van der Waals surface area contributed by atoms with Crippen molar-refractivity contribution in [3.05, 3.63) is 22.6 Å².